The number of ether oxygens (including phenoxy) is 1. The van der Waals surface area contributed by atoms with Gasteiger partial charge in [-0.15, -0.1) is 0 Å². The average molecular weight is 163 g/mol. The first-order valence-electron chi connectivity index (χ1n) is 5.02. The van der Waals surface area contributed by atoms with Crippen molar-refractivity contribution in [3.05, 3.63) is 0 Å². The molecule has 0 saturated carbocycles. The van der Waals surface area contributed by atoms with Gasteiger partial charge in [0.05, 0.1) is 9.30 Å². The molecule has 4 heteroatoms. The minimum atomic E-state index is -2.83. The van der Waals surface area contributed by atoms with Crippen molar-refractivity contribution < 1.29 is 19.8 Å². The Balaban J connectivity index is 4.68. The molecule has 1 amide bonds. The minimum absolute atomic E-state index is 0.670. The maximum atomic E-state index is 10.9. The van der Waals surface area contributed by atoms with E-state index < -0.39 is 31.2 Å². The average Bonchev–Trinajstić information content (AvgIpc) is 2.00. The maximum absolute atomic E-state index is 10.9. The molecule has 0 fully saturated rings. The fourth-order valence-corrected chi connectivity index (χ4v) is 0.313. The van der Waals surface area contributed by atoms with Crippen LogP contribution in [0.1, 0.15) is 25.2 Å². The van der Waals surface area contributed by atoms with E-state index in [1.165, 1.54) is 7.05 Å². The highest BCUT2D eigenvalue weighted by Gasteiger charge is 1.97. The molecular weight excluding hydrogens is 146 g/mol. The van der Waals surface area contributed by atoms with Crippen LogP contribution in [0.2, 0.25) is 0 Å². The van der Waals surface area contributed by atoms with Crippen LogP contribution in [0.25, 0.3) is 0 Å². The van der Waals surface area contributed by atoms with Gasteiger partial charge in [0.2, 0.25) is 5.91 Å². The lowest BCUT2D eigenvalue weighted by Crippen LogP contribution is -2.17. The van der Waals surface area contributed by atoms with E-state index in [1.54, 1.807) is 0 Å². The van der Waals surface area contributed by atoms with Gasteiger partial charge in [0.1, 0.15) is 0 Å². The van der Waals surface area contributed by atoms with Crippen molar-refractivity contribution in [3.63, 3.8) is 0 Å². The number of hydrogen-bond acceptors (Lipinski definition) is 3. The van der Waals surface area contributed by atoms with Gasteiger partial charge in [-0.2, -0.15) is 0 Å². The lowest BCUT2D eigenvalue weighted by molar-refractivity contribution is -0.141. The topological polar surface area (TPSA) is 55.4 Å². The first kappa shape index (κ1) is 4.74. The van der Waals surface area contributed by atoms with Crippen LogP contribution < -0.4 is 5.32 Å². The van der Waals surface area contributed by atoms with Gasteiger partial charge in [0.25, 0.3) is 0 Å². The monoisotopic (exact) mass is 163 g/mol. The van der Waals surface area contributed by atoms with E-state index in [4.69, 9.17) is 5.48 Å². The third-order valence-electron chi connectivity index (χ3n) is 0.795. The van der Waals surface area contributed by atoms with Crippen LogP contribution in [0.4, 0.5) is 0 Å². The largest absolute Gasteiger partial charge is 0.466 e. The molecule has 0 radical (unpaired) electrons. The van der Waals surface area contributed by atoms with Gasteiger partial charge in [-0.25, -0.2) is 0 Å². The number of carbonyl (C=O) groups is 2. The predicted octanol–water partition coefficient (Wildman–Crippen LogP) is 0.0757. The number of carbonyl (C=O) groups excluding carboxylic acids is 2. The van der Waals surface area contributed by atoms with Crippen molar-refractivity contribution in [1.82, 2.24) is 5.32 Å². The number of rotatable bonds is 4. The smallest absolute Gasteiger partial charge is 0.302 e. The van der Waals surface area contributed by atoms with Gasteiger partial charge in [0.15, 0.2) is 0 Å². The van der Waals surface area contributed by atoms with Crippen molar-refractivity contribution in [2.75, 3.05) is 13.6 Å². The van der Waals surface area contributed by atoms with E-state index in [9.17, 15) is 9.59 Å². The highest BCUT2D eigenvalue weighted by Crippen LogP contribution is 1.89. The molecular formula is C7H13NO3. The molecule has 0 unspecified atom stereocenters. The van der Waals surface area contributed by atoms with E-state index in [1.807, 2.05) is 0 Å². The quantitative estimate of drug-likeness (QED) is 0.597. The summed E-state index contributed by atoms with van der Waals surface area (Å²) in [6, 6.07) is 0. The van der Waals surface area contributed by atoms with Crippen LogP contribution in [-0.4, -0.2) is 25.5 Å². The third kappa shape index (κ3) is 6.83. The van der Waals surface area contributed by atoms with Crippen molar-refractivity contribution in [2.45, 2.75) is 19.7 Å². The Morgan fingerprint density at radius 2 is 2.27 bits per heavy atom. The molecule has 0 heterocycles. The standard InChI is InChI=1S/C7H13NO3/c1-6(9)11-5-3-4-7(10)8-2/h3-5H2,1-2H3,(H,8,10)/i3D2,5D2. The van der Waals surface area contributed by atoms with Crippen molar-refractivity contribution in [3.8, 4) is 0 Å². The molecule has 1 N–H and O–H groups in total. The molecule has 0 bridgehead atoms. The van der Waals surface area contributed by atoms with Crippen LogP contribution >= 0.6 is 0 Å². The number of hydrogen-bond donors (Lipinski definition) is 1. The summed E-state index contributed by atoms with van der Waals surface area (Å²) in [5.41, 5.74) is 0. The minimum Gasteiger partial charge on any atom is -0.466 e. The van der Waals surface area contributed by atoms with Crippen molar-refractivity contribution in [2.24, 2.45) is 0 Å². The Kier molecular flexibility index (Phi) is 2.46. The lowest BCUT2D eigenvalue weighted by atomic mass is 10.3. The summed E-state index contributed by atoms with van der Waals surface area (Å²) < 4.78 is 33.2. The van der Waals surface area contributed by atoms with Crippen LogP contribution in [0.5, 0.6) is 0 Å². The van der Waals surface area contributed by atoms with Crippen molar-refractivity contribution in [1.29, 1.82) is 0 Å². The summed E-state index contributed by atoms with van der Waals surface area (Å²) in [5, 5.41) is 2.16. The van der Waals surface area contributed by atoms with Gasteiger partial charge in [-0.1, -0.05) is 0 Å². The third-order valence-corrected chi connectivity index (χ3v) is 0.795. The first-order chi connectivity index (χ1) is 6.62. The summed E-state index contributed by atoms with van der Waals surface area (Å²) in [6.45, 7) is -1.86. The molecule has 0 aliphatic carbocycles. The Morgan fingerprint density at radius 3 is 2.73 bits per heavy atom. The van der Waals surface area contributed by atoms with E-state index in [0.29, 0.717) is 0 Å². The van der Waals surface area contributed by atoms with Gasteiger partial charge in [-0.05, 0) is 6.37 Å². The second-order valence-electron chi connectivity index (χ2n) is 1.72. The van der Waals surface area contributed by atoms with Crippen LogP contribution in [0.3, 0.4) is 0 Å². The zero-order valence-electron chi connectivity index (χ0n) is 10.4. The van der Waals surface area contributed by atoms with E-state index in [2.05, 4.69) is 10.1 Å². The second kappa shape index (κ2) is 5.70. The molecule has 0 aromatic heterocycles. The molecule has 64 valence electrons. The second-order valence-corrected chi connectivity index (χ2v) is 1.72. The fraction of sp³-hybridized carbons (Fsp3) is 0.714. The highest BCUT2D eigenvalue weighted by molar-refractivity contribution is 5.75. The Morgan fingerprint density at radius 1 is 1.64 bits per heavy atom. The normalized spacial score (nSPS) is 16.9. The van der Waals surface area contributed by atoms with Gasteiger partial charge in [-0.3, -0.25) is 9.59 Å². The van der Waals surface area contributed by atoms with E-state index in [-0.39, 0.29) is 0 Å². The molecule has 0 atom stereocenters. The van der Waals surface area contributed by atoms with Gasteiger partial charge < -0.3 is 10.1 Å². The number of amides is 1. The van der Waals surface area contributed by atoms with Crippen LogP contribution in [0, 0.1) is 0 Å². The zero-order valence-corrected chi connectivity index (χ0v) is 6.43. The number of nitrogens with one attached hydrogen (secondary N) is 1. The Hall–Kier alpha value is -1.06. The summed E-state index contributed by atoms with van der Waals surface area (Å²) in [7, 11) is 1.31. The SMILES string of the molecule is [2H]C([2H])(CC(=O)NC)C([2H])([2H])OC(C)=O. The van der Waals surface area contributed by atoms with Crippen LogP contribution in [-0.2, 0) is 14.3 Å². The zero-order chi connectivity index (χ0) is 12.3. The summed E-state index contributed by atoms with van der Waals surface area (Å²) in [4.78, 5) is 21.4. The first-order valence-corrected chi connectivity index (χ1v) is 3.02. The molecule has 0 aromatic rings. The number of esters is 1. The molecule has 0 saturated heterocycles. The molecule has 0 rings (SSSR count). The summed E-state index contributed by atoms with van der Waals surface area (Å²) in [6.07, 6.45) is -3.29. The summed E-state index contributed by atoms with van der Waals surface area (Å²) in [5.74, 6) is -1.61. The molecule has 0 spiro atoms. The molecule has 0 aromatic carbocycles. The molecule has 0 aliphatic heterocycles. The summed E-state index contributed by atoms with van der Waals surface area (Å²) >= 11 is 0. The van der Waals surface area contributed by atoms with E-state index in [0.717, 1.165) is 6.92 Å². The highest BCUT2D eigenvalue weighted by atomic mass is 16.5. The molecule has 4 nitrogen and oxygen atoms in total. The molecule has 0 aliphatic rings. The van der Waals surface area contributed by atoms with Crippen LogP contribution in [0.15, 0.2) is 0 Å². The lowest BCUT2D eigenvalue weighted by Gasteiger charge is -2.00. The molecule has 11 heavy (non-hydrogen) atoms. The van der Waals surface area contributed by atoms with Crippen molar-refractivity contribution >= 4 is 11.9 Å². The van der Waals surface area contributed by atoms with Gasteiger partial charge >= 0.3 is 5.97 Å². The predicted molar refractivity (Wildman–Crippen MR) is 39.9 cm³/mol. The Labute approximate surface area is 71.5 Å². The van der Waals surface area contributed by atoms with E-state index >= 15 is 0 Å². The fourth-order valence-electron chi connectivity index (χ4n) is 0.313. The van der Waals surface area contributed by atoms with Gasteiger partial charge in [0, 0.05) is 23.1 Å². The Bertz CT molecular complexity index is 267. The maximum Gasteiger partial charge on any atom is 0.302 e.